The van der Waals surface area contributed by atoms with Gasteiger partial charge in [0.2, 0.25) is 0 Å². The number of amides is 2. The van der Waals surface area contributed by atoms with Crippen LogP contribution in [0.15, 0.2) is 48.5 Å². The number of nitrogens with zero attached hydrogens (tertiary/aromatic N) is 1. The van der Waals surface area contributed by atoms with Crippen LogP contribution in [0.3, 0.4) is 0 Å². The summed E-state index contributed by atoms with van der Waals surface area (Å²) in [6.07, 6.45) is 2.89. The van der Waals surface area contributed by atoms with Crippen LogP contribution >= 0.6 is 34.8 Å². The lowest BCUT2D eigenvalue weighted by atomic mass is 9.90. The Labute approximate surface area is 228 Å². The zero-order valence-corrected chi connectivity index (χ0v) is 21.9. The summed E-state index contributed by atoms with van der Waals surface area (Å²) < 4.78 is 18.7. The summed E-state index contributed by atoms with van der Waals surface area (Å²) in [5.74, 6) is -1.05. The monoisotopic (exact) mass is 559 g/mol. The number of urea groups is 1. The molecule has 0 atom stereocenters. The molecule has 0 radical (unpaired) electrons. The highest BCUT2D eigenvalue weighted by Gasteiger charge is 2.32. The molecule has 5 rings (SSSR count). The van der Waals surface area contributed by atoms with E-state index in [9.17, 15) is 14.0 Å². The maximum absolute atomic E-state index is 13.9. The molecule has 190 valence electrons. The number of carbonyl (C=O) groups excluding carboxylic acids is 2. The van der Waals surface area contributed by atoms with Gasteiger partial charge in [-0.2, -0.15) is 0 Å². The number of esters is 1. The van der Waals surface area contributed by atoms with Crippen LogP contribution in [-0.4, -0.2) is 32.2 Å². The Morgan fingerprint density at radius 1 is 1.03 bits per heavy atom. The van der Waals surface area contributed by atoms with Crippen LogP contribution < -0.4 is 15.5 Å². The number of nitrogens with one attached hydrogen (secondary N) is 2. The number of hydrogen-bond donors (Lipinski definition) is 2. The summed E-state index contributed by atoms with van der Waals surface area (Å²) in [5, 5.41) is 6.62. The summed E-state index contributed by atoms with van der Waals surface area (Å²) >= 11 is 19.7. The molecule has 37 heavy (non-hydrogen) atoms. The third-order valence-electron chi connectivity index (χ3n) is 6.40. The van der Waals surface area contributed by atoms with Crippen LogP contribution in [0.4, 0.5) is 20.6 Å². The Morgan fingerprint density at radius 2 is 1.78 bits per heavy atom. The van der Waals surface area contributed by atoms with Gasteiger partial charge in [-0.3, -0.25) is 4.90 Å². The summed E-state index contributed by atoms with van der Waals surface area (Å²) in [4.78, 5) is 26.8. The number of anilines is 2. The molecule has 2 amide bonds. The first-order chi connectivity index (χ1) is 17.8. The number of rotatable bonds is 4. The summed E-state index contributed by atoms with van der Waals surface area (Å²) in [7, 11) is 1.26. The zero-order chi connectivity index (χ0) is 26.3. The number of benzene rings is 3. The molecule has 6 nitrogen and oxygen atoms in total. The average Bonchev–Trinajstić information content (AvgIpc) is 2.89. The molecular weight excluding hydrogens is 540 g/mol. The second-order valence-electron chi connectivity index (χ2n) is 8.60. The van der Waals surface area contributed by atoms with Gasteiger partial charge in [0.05, 0.1) is 39.1 Å². The van der Waals surface area contributed by atoms with Crippen molar-refractivity contribution in [2.45, 2.75) is 13.0 Å². The van der Waals surface area contributed by atoms with Crippen molar-refractivity contribution in [3.8, 4) is 11.1 Å². The van der Waals surface area contributed by atoms with Gasteiger partial charge in [0.15, 0.2) is 0 Å². The van der Waals surface area contributed by atoms with Crippen molar-refractivity contribution >= 4 is 63.8 Å². The van der Waals surface area contributed by atoms with Gasteiger partial charge in [-0.1, -0.05) is 40.9 Å². The van der Waals surface area contributed by atoms with E-state index in [0.29, 0.717) is 11.3 Å². The average molecular weight is 561 g/mol. The third kappa shape index (κ3) is 4.80. The molecule has 0 aliphatic carbocycles. The summed E-state index contributed by atoms with van der Waals surface area (Å²) in [6.45, 7) is 1.74. The molecule has 0 spiro atoms. The van der Waals surface area contributed by atoms with Crippen LogP contribution in [0.5, 0.6) is 0 Å². The lowest BCUT2D eigenvalue weighted by molar-refractivity contribution is 0.0600. The number of carbonyl (C=O) groups is 2. The van der Waals surface area contributed by atoms with Crippen molar-refractivity contribution in [1.29, 1.82) is 0 Å². The van der Waals surface area contributed by atoms with Crippen molar-refractivity contribution in [3.63, 3.8) is 0 Å². The van der Waals surface area contributed by atoms with Crippen molar-refractivity contribution in [3.05, 3.63) is 86.1 Å². The van der Waals surface area contributed by atoms with E-state index < -0.39 is 17.8 Å². The lowest BCUT2D eigenvalue weighted by Crippen LogP contribution is -2.41. The van der Waals surface area contributed by atoms with Gasteiger partial charge in [-0.25, -0.2) is 14.0 Å². The quantitative estimate of drug-likeness (QED) is 0.338. The molecule has 3 aromatic rings. The lowest BCUT2D eigenvalue weighted by Gasteiger charge is -2.33. The smallest absolute Gasteiger partial charge is 0.337 e. The van der Waals surface area contributed by atoms with E-state index in [0.717, 1.165) is 41.8 Å². The fourth-order valence-electron chi connectivity index (χ4n) is 4.65. The highest BCUT2D eigenvalue weighted by Crippen LogP contribution is 2.46. The van der Waals surface area contributed by atoms with Crippen LogP contribution in [0, 0.1) is 5.82 Å². The molecule has 0 fully saturated rings. The zero-order valence-electron chi connectivity index (χ0n) is 19.6. The largest absolute Gasteiger partial charge is 0.465 e. The molecule has 0 bridgehead atoms. The highest BCUT2D eigenvalue weighted by atomic mass is 35.5. The second-order valence-corrected chi connectivity index (χ2v) is 9.82. The van der Waals surface area contributed by atoms with Crippen molar-refractivity contribution < 1.29 is 18.7 Å². The van der Waals surface area contributed by atoms with Crippen molar-refractivity contribution in [1.82, 2.24) is 10.6 Å². The normalized spacial score (nSPS) is 15.1. The predicted octanol–water partition coefficient (Wildman–Crippen LogP) is 6.98. The fourth-order valence-corrected chi connectivity index (χ4v) is 5.57. The first-order valence-electron chi connectivity index (χ1n) is 11.5. The van der Waals surface area contributed by atoms with E-state index in [1.807, 2.05) is 12.1 Å². The number of methoxy groups -OCH3 is 1. The van der Waals surface area contributed by atoms with E-state index in [1.165, 1.54) is 36.3 Å². The van der Waals surface area contributed by atoms with Gasteiger partial charge >= 0.3 is 12.0 Å². The van der Waals surface area contributed by atoms with Crippen molar-refractivity contribution in [2.75, 3.05) is 25.1 Å². The van der Waals surface area contributed by atoms with Gasteiger partial charge in [-0.15, -0.1) is 0 Å². The first-order valence-corrected chi connectivity index (χ1v) is 12.6. The SMILES string of the molecule is COC(=O)c1cc(Cl)c(N2C(=O)NCc3c(-c4ccc(F)cc4Cl)cc(C4=CCNCC4)cc32)c(Cl)c1. The first kappa shape index (κ1) is 25.5. The van der Waals surface area contributed by atoms with Gasteiger partial charge in [0.1, 0.15) is 5.82 Å². The maximum atomic E-state index is 13.9. The van der Waals surface area contributed by atoms with E-state index in [2.05, 4.69) is 16.7 Å². The van der Waals surface area contributed by atoms with Gasteiger partial charge in [-0.05, 0) is 72.1 Å². The number of fused-ring (bicyclic) bond motifs is 1. The molecule has 2 aliphatic heterocycles. The standard InChI is InChI=1S/C27H21Cl3FN3O3/c1-37-26(35)16-9-22(29)25(23(30)10-16)34-24-11-15(14-4-6-32-7-5-14)8-19(20(24)13-33-27(34)36)18-3-2-17(31)12-21(18)28/h2-4,8-12,32H,5-7,13H2,1H3,(H,33,36). The molecular formula is C27H21Cl3FN3O3. The Kier molecular flexibility index (Phi) is 7.14. The van der Waals surface area contributed by atoms with Crippen LogP contribution in [0.1, 0.15) is 27.9 Å². The number of ether oxygens (including phenoxy) is 1. The molecule has 2 N–H and O–H groups in total. The Morgan fingerprint density at radius 3 is 2.43 bits per heavy atom. The Balaban J connectivity index is 1.76. The second kappa shape index (κ2) is 10.3. The highest BCUT2D eigenvalue weighted by molar-refractivity contribution is 6.41. The van der Waals surface area contributed by atoms with E-state index in [-0.39, 0.29) is 32.9 Å². The summed E-state index contributed by atoms with van der Waals surface area (Å²) in [5.41, 5.74) is 5.08. The minimum absolute atomic E-state index is 0.101. The number of hydrogen-bond acceptors (Lipinski definition) is 4. The van der Waals surface area contributed by atoms with E-state index >= 15 is 0 Å². The third-order valence-corrected chi connectivity index (χ3v) is 7.29. The molecule has 2 heterocycles. The summed E-state index contributed by atoms with van der Waals surface area (Å²) in [6, 6.07) is 10.6. The fraction of sp³-hybridized carbons (Fsp3) is 0.185. The Bertz CT molecular complexity index is 1450. The van der Waals surface area contributed by atoms with E-state index in [1.54, 1.807) is 6.07 Å². The molecule has 2 aliphatic rings. The topological polar surface area (TPSA) is 70.7 Å². The van der Waals surface area contributed by atoms with Gasteiger partial charge in [0.25, 0.3) is 0 Å². The minimum Gasteiger partial charge on any atom is -0.465 e. The number of halogens is 4. The van der Waals surface area contributed by atoms with Crippen molar-refractivity contribution in [2.24, 2.45) is 0 Å². The molecule has 0 saturated carbocycles. The molecule has 3 aromatic carbocycles. The Hall–Kier alpha value is -3.10. The van der Waals surface area contributed by atoms with Gasteiger partial charge < -0.3 is 15.4 Å². The molecule has 0 aromatic heterocycles. The van der Waals surface area contributed by atoms with Crippen LogP contribution in [-0.2, 0) is 11.3 Å². The predicted molar refractivity (Wildman–Crippen MR) is 144 cm³/mol. The molecule has 0 saturated heterocycles. The maximum Gasteiger partial charge on any atom is 0.337 e. The van der Waals surface area contributed by atoms with E-state index in [4.69, 9.17) is 39.5 Å². The molecule has 0 unspecified atom stereocenters. The molecule has 10 heteroatoms. The minimum atomic E-state index is -0.604. The van der Waals surface area contributed by atoms with Crippen LogP contribution in [0.25, 0.3) is 16.7 Å². The van der Waals surface area contributed by atoms with Crippen LogP contribution in [0.2, 0.25) is 15.1 Å². The van der Waals surface area contributed by atoms with Gasteiger partial charge in [0, 0.05) is 24.2 Å².